The second-order valence-corrected chi connectivity index (χ2v) is 7.45. The van der Waals surface area contributed by atoms with Crippen LogP contribution in [-0.4, -0.2) is 72.5 Å². The number of nitrogens with zero attached hydrogens (tertiary/aromatic N) is 2. The number of ether oxygens (including phenoxy) is 2. The molecule has 2 heterocycles. The number of rotatable bonds is 4. The zero-order chi connectivity index (χ0) is 18.6. The summed E-state index contributed by atoms with van der Waals surface area (Å²) in [7, 11) is 0. The van der Waals surface area contributed by atoms with Crippen molar-refractivity contribution in [2.75, 3.05) is 44.3 Å². The molecule has 9 heteroatoms. The van der Waals surface area contributed by atoms with Crippen LogP contribution in [0.5, 0.6) is 5.75 Å². The van der Waals surface area contributed by atoms with Crippen LogP contribution in [0.2, 0.25) is 0 Å². The van der Waals surface area contributed by atoms with Crippen LogP contribution in [0, 0.1) is 0 Å². The highest BCUT2D eigenvalue weighted by Gasteiger charge is 2.32. The van der Waals surface area contributed by atoms with Gasteiger partial charge in [0, 0.05) is 44.2 Å². The van der Waals surface area contributed by atoms with Gasteiger partial charge >= 0.3 is 6.36 Å². The normalized spacial score (nSPS) is 22.3. The van der Waals surface area contributed by atoms with Crippen molar-refractivity contribution >= 4 is 17.7 Å². The maximum absolute atomic E-state index is 12.6. The molecule has 1 aromatic rings. The summed E-state index contributed by atoms with van der Waals surface area (Å²) in [6.45, 7) is 3.70. The van der Waals surface area contributed by atoms with Crippen molar-refractivity contribution in [3.8, 4) is 5.75 Å². The molecule has 2 aliphatic rings. The standard InChI is InChI=1S/C17H21F3N2O3S/c18-17(19,20)25-14-3-1-13(2-4-14)11-21-5-8-24-15(12-21)16(23)22-6-9-26-10-7-22/h1-4,15H,5-12H2. The lowest BCUT2D eigenvalue weighted by Crippen LogP contribution is -2.52. The van der Waals surface area contributed by atoms with E-state index in [0.717, 1.165) is 30.2 Å². The van der Waals surface area contributed by atoms with Gasteiger partial charge in [0.15, 0.2) is 0 Å². The molecule has 1 unspecified atom stereocenters. The second-order valence-electron chi connectivity index (χ2n) is 6.22. The monoisotopic (exact) mass is 390 g/mol. The van der Waals surface area contributed by atoms with Crippen LogP contribution in [0.25, 0.3) is 0 Å². The molecular weight excluding hydrogens is 369 g/mol. The van der Waals surface area contributed by atoms with Crippen LogP contribution in [0.3, 0.4) is 0 Å². The molecule has 0 aromatic heterocycles. The molecule has 5 nitrogen and oxygen atoms in total. The number of thioether (sulfide) groups is 1. The summed E-state index contributed by atoms with van der Waals surface area (Å²) in [6, 6.07) is 5.82. The first-order valence-corrected chi connectivity index (χ1v) is 9.61. The fourth-order valence-corrected chi connectivity index (χ4v) is 3.94. The first-order valence-electron chi connectivity index (χ1n) is 8.46. The number of carbonyl (C=O) groups excluding carboxylic acids is 1. The summed E-state index contributed by atoms with van der Waals surface area (Å²) in [5.74, 6) is 1.70. The van der Waals surface area contributed by atoms with Crippen LogP contribution in [0.1, 0.15) is 5.56 Å². The Kier molecular flexibility index (Phi) is 6.31. The third-order valence-electron chi connectivity index (χ3n) is 4.31. The van der Waals surface area contributed by atoms with E-state index in [9.17, 15) is 18.0 Å². The number of morpholine rings is 1. The fraction of sp³-hybridized carbons (Fsp3) is 0.588. The van der Waals surface area contributed by atoms with Gasteiger partial charge in [-0.1, -0.05) is 12.1 Å². The number of hydrogen-bond acceptors (Lipinski definition) is 5. The topological polar surface area (TPSA) is 42.0 Å². The Morgan fingerprint density at radius 3 is 2.54 bits per heavy atom. The van der Waals surface area contributed by atoms with Crippen LogP contribution in [0.15, 0.2) is 24.3 Å². The molecule has 0 N–H and O–H groups in total. The minimum absolute atomic E-state index is 0.0314. The van der Waals surface area contributed by atoms with Gasteiger partial charge in [-0.15, -0.1) is 13.2 Å². The zero-order valence-electron chi connectivity index (χ0n) is 14.2. The van der Waals surface area contributed by atoms with Gasteiger partial charge in [0.1, 0.15) is 11.9 Å². The third kappa shape index (κ3) is 5.52. The lowest BCUT2D eigenvalue weighted by molar-refractivity contribution is -0.274. The molecule has 0 aliphatic carbocycles. The first kappa shape index (κ1) is 19.3. The van der Waals surface area contributed by atoms with Crippen LogP contribution < -0.4 is 4.74 Å². The molecule has 3 rings (SSSR count). The molecule has 0 saturated carbocycles. The van der Waals surface area contributed by atoms with E-state index in [2.05, 4.69) is 9.64 Å². The maximum atomic E-state index is 12.6. The van der Waals surface area contributed by atoms with Gasteiger partial charge in [-0.05, 0) is 17.7 Å². The van der Waals surface area contributed by atoms with Gasteiger partial charge in [0.2, 0.25) is 0 Å². The number of hydrogen-bond donors (Lipinski definition) is 0. The van der Waals surface area contributed by atoms with Crippen molar-refractivity contribution < 1.29 is 27.4 Å². The number of halogens is 3. The molecule has 2 aliphatic heterocycles. The molecule has 1 atom stereocenters. The van der Waals surface area contributed by atoms with Crippen LogP contribution >= 0.6 is 11.8 Å². The summed E-state index contributed by atoms with van der Waals surface area (Å²) < 4.78 is 46.1. The molecule has 1 amide bonds. The van der Waals surface area contributed by atoms with Gasteiger partial charge in [-0.3, -0.25) is 9.69 Å². The molecule has 2 saturated heterocycles. The largest absolute Gasteiger partial charge is 0.573 e. The van der Waals surface area contributed by atoms with E-state index in [0.29, 0.717) is 26.2 Å². The average Bonchev–Trinajstić information content (AvgIpc) is 2.62. The molecule has 2 fully saturated rings. The maximum Gasteiger partial charge on any atom is 0.573 e. The molecule has 0 radical (unpaired) electrons. The van der Waals surface area contributed by atoms with Crippen LogP contribution in [0.4, 0.5) is 13.2 Å². The smallest absolute Gasteiger partial charge is 0.406 e. The number of carbonyl (C=O) groups is 1. The highest BCUT2D eigenvalue weighted by atomic mass is 32.2. The van der Waals surface area contributed by atoms with E-state index in [4.69, 9.17) is 4.74 Å². The molecule has 0 spiro atoms. The average molecular weight is 390 g/mol. The summed E-state index contributed by atoms with van der Waals surface area (Å²) in [6.07, 6.45) is -5.16. The first-order chi connectivity index (χ1) is 12.4. The van der Waals surface area contributed by atoms with Gasteiger partial charge in [-0.25, -0.2) is 0 Å². The minimum Gasteiger partial charge on any atom is -0.406 e. The Balaban J connectivity index is 1.54. The van der Waals surface area contributed by atoms with Crippen molar-refractivity contribution in [1.82, 2.24) is 9.80 Å². The third-order valence-corrected chi connectivity index (χ3v) is 5.25. The summed E-state index contributed by atoms with van der Waals surface area (Å²) in [4.78, 5) is 16.5. The predicted molar refractivity (Wildman–Crippen MR) is 92.0 cm³/mol. The van der Waals surface area contributed by atoms with E-state index in [1.165, 1.54) is 12.1 Å². The van der Waals surface area contributed by atoms with Crippen molar-refractivity contribution in [2.45, 2.75) is 19.0 Å². The number of benzene rings is 1. The number of alkyl halides is 3. The Morgan fingerprint density at radius 1 is 1.19 bits per heavy atom. The summed E-state index contributed by atoms with van der Waals surface area (Å²) in [5, 5.41) is 0. The second kappa shape index (κ2) is 8.49. The van der Waals surface area contributed by atoms with Gasteiger partial charge in [0.05, 0.1) is 6.61 Å². The summed E-state index contributed by atoms with van der Waals surface area (Å²) >= 11 is 1.84. The summed E-state index contributed by atoms with van der Waals surface area (Å²) in [5.41, 5.74) is 0.863. The fourth-order valence-electron chi connectivity index (χ4n) is 3.04. The number of amides is 1. The van der Waals surface area contributed by atoms with Gasteiger partial charge in [-0.2, -0.15) is 11.8 Å². The molecule has 1 aromatic carbocycles. The van der Waals surface area contributed by atoms with Crippen molar-refractivity contribution in [2.24, 2.45) is 0 Å². The van der Waals surface area contributed by atoms with E-state index in [-0.39, 0.29) is 11.7 Å². The molecule has 0 bridgehead atoms. The Labute approximate surface area is 154 Å². The van der Waals surface area contributed by atoms with E-state index in [1.54, 1.807) is 12.1 Å². The Bertz CT molecular complexity index is 606. The van der Waals surface area contributed by atoms with E-state index in [1.807, 2.05) is 16.7 Å². The quantitative estimate of drug-likeness (QED) is 0.790. The highest BCUT2D eigenvalue weighted by molar-refractivity contribution is 7.99. The van der Waals surface area contributed by atoms with Crippen LogP contribution in [-0.2, 0) is 16.1 Å². The van der Waals surface area contributed by atoms with E-state index < -0.39 is 12.5 Å². The molecular formula is C17H21F3N2O3S. The SMILES string of the molecule is O=C(C1CN(Cc2ccc(OC(F)(F)F)cc2)CCO1)N1CCSCC1. The predicted octanol–water partition coefficient (Wildman–Crippen LogP) is 2.36. The zero-order valence-corrected chi connectivity index (χ0v) is 15.0. The Morgan fingerprint density at radius 2 is 1.88 bits per heavy atom. The van der Waals surface area contributed by atoms with Crippen molar-refractivity contribution in [3.63, 3.8) is 0 Å². The molecule has 26 heavy (non-hydrogen) atoms. The van der Waals surface area contributed by atoms with Gasteiger partial charge in [0.25, 0.3) is 5.91 Å². The van der Waals surface area contributed by atoms with E-state index >= 15 is 0 Å². The minimum atomic E-state index is -4.69. The lowest BCUT2D eigenvalue weighted by atomic mass is 10.1. The lowest BCUT2D eigenvalue weighted by Gasteiger charge is -2.36. The van der Waals surface area contributed by atoms with Gasteiger partial charge < -0.3 is 14.4 Å². The molecule has 144 valence electrons. The highest BCUT2D eigenvalue weighted by Crippen LogP contribution is 2.23. The van der Waals surface area contributed by atoms with Crippen molar-refractivity contribution in [1.29, 1.82) is 0 Å². The Hall–Kier alpha value is -1.45. The van der Waals surface area contributed by atoms with Crippen molar-refractivity contribution in [3.05, 3.63) is 29.8 Å².